The highest BCUT2D eigenvalue weighted by Crippen LogP contribution is 2.22. The summed E-state index contributed by atoms with van der Waals surface area (Å²) < 4.78 is 36.4. The van der Waals surface area contributed by atoms with E-state index in [9.17, 15) is 13.2 Å². The van der Waals surface area contributed by atoms with Crippen LogP contribution in [0, 0.1) is 12.8 Å². The Morgan fingerprint density at radius 1 is 1.15 bits per heavy atom. The fraction of sp³-hybridized carbons (Fsp3) is 0.294. The molecule has 0 radical (unpaired) electrons. The van der Waals surface area contributed by atoms with Crippen molar-refractivity contribution < 1.29 is 13.2 Å². The van der Waals surface area contributed by atoms with E-state index < -0.39 is 22.0 Å². The third-order valence-corrected chi connectivity index (χ3v) is 6.04. The predicted octanol–water partition coefficient (Wildman–Crippen LogP) is 2.34. The molecule has 1 aromatic carbocycles. The summed E-state index contributed by atoms with van der Waals surface area (Å²) in [6.07, 6.45) is 1.56. The molecule has 0 fully saturated rings. The lowest BCUT2D eigenvalue weighted by atomic mass is 10.0. The highest BCUT2D eigenvalue weighted by molar-refractivity contribution is 7.89. The maximum Gasteiger partial charge on any atom is 0.243 e. The molecule has 0 spiro atoms. The Labute approximate surface area is 161 Å². The third kappa shape index (κ3) is 4.12. The van der Waals surface area contributed by atoms with Crippen molar-refractivity contribution in [3.8, 4) is 0 Å². The lowest BCUT2D eigenvalue weighted by molar-refractivity contribution is -0.118. The van der Waals surface area contributed by atoms with Crippen LogP contribution in [0.2, 0.25) is 0 Å². The molecule has 2 N–H and O–H groups in total. The van der Waals surface area contributed by atoms with Crippen molar-refractivity contribution in [3.63, 3.8) is 0 Å². The Kier molecular flexibility index (Phi) is 5.49. The van der Waals surface area contributed by atoms with Crippen molar-refractivity contribution in [2.45, 2.75) is 31.7 Å². The number of nitrogens with zero attached hydrogens (tertiary/aromatic N) is 3. The molecule has 8 nitrogen and oxygen atoms in total. The number of anilines is 1. The average molecular weight is 406 g/mol. The molecule has 1 amide bonds. The number of benzene rings is 1. The Hall–Kier alpha value is -2.43. The highest BCUT2D eigenvalue weighted by atomic mass is 32.2. The van der Waals surface area contributed by atoms with Crippen LogP contribution >= 0.6 is 11.7 Å². The van der Waals surface area contributed by atoms with Crippen LogP contribution in [0.5, 0.6) is 0 Å². The fourth-order valence-corrected chi connectivity index (χ4v) is 4.64. The smallest absolute Gasteiger partial charge is 0.243 e. The Bertz CT molecular complexity index is 1080. The number of amides is 1. The van der Waals surface area contributed by atoms with Crippen molar-refractivity contribution in [2.75, 3.05) is 5.32 Å². The zero-order valence-electron chi connectivity index (χ0n) is 15.0. The van der Waals surface area contributed by atoms with E-state index in [0.717, 1.165) is 17.3 Å². The monoisotopic (exact) mass is 405 g/mol. The molecule has 0 aliphatic carbocycles. The van der Waals surface area contributed by atoms with E-state index in [4.69, 9.17) is 0 Å². The molecule has 0 saturated heterocycles. The number of fused-ring (bicyclic) bond motifs is 1. The lowest BCUT2D eigenvalue weighted by Gasteiger charge is -2.21. The number of nitrogens with one attached hydrogen (secondary N) is 2. The van der Waals surface area contributed by atoms with Gasteiger partial charge in [-0.3, -0.25) is 4.79 Å². The van der Waals surface area contributed by atoms with Crippen LogP contribution in [0.15, 0.2) is 41.4 Å². The maximum atomic E-state index is 12.9. The topological polar surface area (TPSA) is 114 Å². The van der Waals surface area contributed by atoms with Crippen molar-refractivity contribution in [1.29, 1.82) is 0 Å². The second kappa shape index (κ2) is 7.67. The molecule has 27 heavy (non-hydrogen) atoms. The number of aryl methyl sites for hydroxylation is 1. The summed E-state index contributed by atoms with van der Waals surface area (Å²) in [5.74, 6) is -0.353. The number of sulfonamides is 1. The number of pyridine rings is 1. The molecule has 3 aromatic rings. The van der Waals surface area contributed by atoms with Crippen molar-refractivity contribution >= 4 is 44.5 Å². The quantitative estimate of drug-likeness (QED) is 0.651. The second-order valence-electron chi connectivity index (χ2n) is 6.39. The molecule has 0 aliphatic rings. The second-order valence-corrected chi connectivity index (χ2v) is 8.60. The summed E-state index contributed by atoms with van der Waals surface area (Å²) in [6, 6.07) is 7.33. The Morgan fingerprint density at radius 3 is 2.63 bits per heavy atom. The Balaban J connectivity index is 1.88. The van der Waals surface area contributed by atoms with Gasteiger partial charge in [-0.1, -0.05) is 26.0 Å². The molecule has 0 aliphatic heterocycles. The molecule has 142 valence electrons. The molecule has 0 saturated carbocycles. The van der Waals surface area contributed by atoms with E-state index in [1.165, 1.54) is 6.07 Å². The zero-order chi connectivity index (χ0) is 19.6. The van der Waals surface area contributed by atoms with E-state index in [-0.39, 0.29) is 10.8 Å². The van der Waals surface area contributed by atoms with E-state index in [2.05, 4.69) is 23.8 Å². The molecule has 0 unspecified atom stereocenters. The summed E-state index contributed by atoms with van der Waals surface area (Å²) in [7, 11) is -3.98. The van der Waals surface area contributed by atoms with Gasteiger partial charge < -0.3 is 5.32 Å². The maximum absolute atomic E-state index is 12.9. The SMILES string of the molecule is Cc1cccnc1NC(=O)[C@H](NS(=O)(=O)c1cccc2nsnc12)C(C)C. The van der Waals surface area contributed by atoms with Crippen LogP contribution in [0.3, 0.4) is 0 Å². The van der Waals surface area contributed by atoms with E-state index in [1.54, 1.807) is 38.2 Å². The van der Waals surface area contributed by atoms with Crippen molar-refractivity contribution in [2.24, 2.45) is 5.92 Å². The van der Waals surface area contributed by atoms with Gasteiger partial charge in [-0.2, -0.15) is 13.5 Å². The molecule has 0 bridgehead atoms. The number of rotatable bonds is 6. The average Bonchev–Trinajstić information content (AvgIpc) is 3.10. The predicted molar refractivity (Wildman–Crippen MR) is 104 cm³/mol. The summed E-state index contributed by atoms with van der Waals surface area (Å²) in [6.45, 7) is 5.35. The van der Waals surface area contributed by atoms with Crippen LogP contribution < -0.4 is 10.0 Å². The van der Waals surface area contributed by atoms with Gasteiger partial charge in [0.25, 0.3) is 0 Å². The van der Waals surface area contributed by atoms with Gasteiger partial charge in [0.2, 0.25) is 15.9 Å². The highest BCUT2D eigenvalue weighted by Gasteiger charge is 2.30. The first-order chi connectivity index (χ1) is 12.8. The minimum absolute atomic E-state index is 0.00113. The van der Waals surface area contributed by atoms with Crippen LogP contribution in [0.1, 0.15) is 19.4 Å². The van der Waals surface area contributed by atoms with Crippen LogP contribution in [0.25, 0.3) is 11.0 Å². The van der Waals surface area contributed by atoms with Crippen LogP contribution in [-0.2, 0) is 14.8 Å². The minimum atomic E-state index is -3.98. The van der Waals surface area contributed by atoms with Gasteiger partial charge >= 0.3 is 0 Å². The van der Waals surface area contributed by atoms with Gasteiger partial charge in [0.1, 0.15) is 27.8 Å². The van der Waals surface area contributed by atoms with Crippen molar-refractivity contribution in [3.05, 3.63) is 42.1 Å². The van der Waals surface area contributed by atoms with Crippen LogP contribution in [-0.4, -0.2) is 34.1 Å². The number of hydrogen-bond acceptors (Lipinski definition) is 7. The third-order valence-electron chi connectivity index (χ3n) is 4.02. The molecule has 2 heterocycles. The number of aromatic nitrogens is 3. The van der Waals surface area contributed by atoms with Gasteiger partial charge in [-0.25, -0.2) is 13.4 Å². The first-order valence-electron chi connectivity index (χ1n) is 8.25. The molecular weight excluding hydrogens is 386 g/mol. The molecular formula is C17H19N5O3S2. The first kappa shape index (κ1) is 19.3. The van der Waals surface area contributed by atoms with Gasteiger partial charge in [0.05, 0.1) is 11.7 Å². The van der Waals surface area contributed by atoms with Crippen LogP contribution in [0.4, 0.5) is 5.82 Å². The standard InChI is InChI=1S/C17H19N5O3S2/c1-10(2)14(17(23)19-16-11(3)6-5-9-18-16)22-27(24,25)13-8-4-7-12-15(13)21-26-20-12/h4-10,14,22H,1-3H3,(H,18,19,23)/t14-/m1/s1. The summed E-state index contributed by atoms with van der Waals surface area (Å²) in [5.41, 5.74) is 1.57. The summed E-state index contributed by atoms with van der Waals surface area (Å²) >= 11 is 0.938. The number of carbonyl (C=O) groups excluding carboxylic acids is 1. The number of hydrogen-bond donors (Lipinski definition) is 2. The number of carbonyl (C=O) groups is 1. The molecule has 10 heteroatoms. The summed E-state index contributed by atoms with van der Waals surface area (Å²) in [5, 5.41) is 2.69. The molecule has 1 atom stereocenters. The normalized spacial score (nSPS) is 13.0. The van der Waals surface area contributed by atoms with E-state index in [0.29, 0.717) is 16.9 Å². The first-order valence-corrected chi connectivity index (χ1v) is 10.5. The van der Waals surface area contributed by atoms with Gasteiger partial charge in [-0.05, 0) is 36.6 Å². The molecule has 2 aromatic heterocycles. The van der Waals surface area contributed by atoms with Gasteiger partial charge in [0, 0.05) is 6.20 Å². The Morgan fingerprint density at radius 2 is 1.93 bits per heavy atom. The molecule has 3 rings (SSSR count). The largest absolute Gasteiger partial charge is 0.309 e. The van der Waals surface area contributed by atoms with Gasteiger partial charge in [-0.15, -0.1) is 0 Å². The van der Waals surface area contributed by atoms with Crippen molar-refractivity contribution in [1.82, 2.24) is 18.5 Å². The minimum Gasteiger partial charge on any atom is -0.309 e. The van der Waals surface area contributed by atoms with E-state index >= 15 is 0 Å². The van der Waals surface area contributed by atoms with E-state index in [1.807, 2.05) is 13.0 Å². The summed E-state index contributed by atoms with van der Waals surface area (Å²) in [4.78, 5) is 16.8. The zero-order valence-corrected chi connectivity index (χ0v) is 16.6. The lowest BCUT2D eigenvalue weighted by Crippen LogP contribution is -2.47. The fourth-order valence-electron chi connectivity index (χ4n) is 2.53. The van der Waals surface area contributed by atoms with Gasteiger partial charge in [0.15, 0.2) is 0 Å².